The highest BCUT2D eigenvalue weighted by Crippen LogP contribution is 2.21. The zero-order valence-electron chi connectivity index (χ0n) is 8.44. The molecular formula is C9H12BrN3O2. The summed E-state index contributed by atoms with van der Waals surface area (Å²) in [7, 11) is 1.72. The van der Waals surface area contributed by atoms with E-state index in [9.17, 15) is 4.79 Å². The van der Waals surface area contributed by atoms with Crippen LogP contribution in [0.5, 0.6) is 0 Å². The molecule has 1 aliphatic rings. The molecule has 1 saturated heterocycles. The Morgan fingerprint density at radius 3 is 3.07 bits per heavy atom. The van der Waals surface area contributed by atoms with Gasteiger partial charge in [0.05, 0.1) is 0 Å². The Bertz CT molecular complexity index is 352. The van der Waals surface area contributed by atoms with Gasteiger partial charge in [-0.25, -0.2) is 4.68 Å². The molecule has 0 radical (unpaired) electrons. The smallest absolute Gasteiger partial charge is 0.184 e. The first-order valence-electron chi connectivity index (χ1n) is 4.84. The van der Waals surface area contributed by atoms with Crippen LogP contribution in [0.3, 0.4) is 0 Å². The monoisotopic (exact) mass is 273 g/mol. The maximum Gasteiger partial charge on any atom is 0.184 e. The first-order valence-corrected chi connectivity index (χ1v) is 5.64. The Morgan fingerprint density at radius 2 is 2.53 bits per heavy atom. The molecule has 6 heteroatoms. The van der Waals surface area contributed by atoms with Gasteiger partial charge in [-0.1, -0.05) is 5.21 Å². The number of aromatic nitrogens is 3. The molecule has 0 N–H and O–H groups in total. The molecule has 1 fully saturated rings. The van der Waals surface area contributed by atoms with Crippen LogP contribution in [0.25, 0.3) is 0 Å². The summed E-state index contributed by atoms with van der Waals surface area (Å²) in [4.78, 5) is 11.9. The summed E-state index contributed by atoms with van der Waals surface area (Å²) < 4.78 is 7.26. The third-order valence-electron chi connectivity index (χ3n) is 2.55. The van der Waals surface area contributed by atoms with E-state index >= 15 is 0 Å². The number of Topliss-reactive ketones (excluding diaryl/α,β-unsaturated/α-hetero) is 1. The Balaban J connectivity index is 2.07. The van der Waals surface area contributed by atoms with Crippen molar-refractivity contribution >= 4 is 21.7 Å². The molecule has 82 valence electrons. The molecule has 0 aliphatic carbocycles. The number of nitrogens with zero attached hydrogens (tertiary/aromatic N) is 3. The average Bonchev–Trinajstić information content (AvgIpc) is 2.77. The number of hydrogen-bond acceptors (Lipinski definition) is 4. The number of ether oxygens (including phenoxy) is 1. The normalized spacial score (nSPS) is 20.8. The van der Waals surface area contributed by atoms with Crippen LogP contribution < -0.4 is 0 Å². The molecule has 0 bridgehead atoms. The predicted molar refractivity (Wildman–Crippen MR) is 56.6 cm³/mol. The predicted octanol–water partition coefficient (Wildman–Crippen LogP) is 1.19. The van der Waals surface area contributed by atoms with Crippen molar-refractivity contribution in [1.29, 1.82) is 0 Å². The number of ketones is 1. The van der Waals surface area contributed by atoms with Crippen LogP contribution in [0.4, 0.5) is 0 Å². The lowest BCUT2D eigenvalue weighted by Gasteiger charge is -2.05. The number of aryl methyl sites for hydroxylation is 1. The van der Waals surface area contributed by atoms with Crippen molar-refractivity contribution in [2.45, 2.75) is 12.8 Å². The summed E-state index contributed by atoms with van der Waals surface area (Å²) >= 11 is 3.22. The standard InChI is InChI=1S/C9H12BrN3O2/c1-13-8(9(10)11-12-13)7(14)4-6-2-3-15-5-6/h6H,2-5H2,1H3. The molecule has 1 aliphatic heterocycles. The molecule has 1 unspecified atom stereocenters. The highest BCUT2D eigenvalue weighted by Gasteiger charge is 2.23. The van der Waals surface area contributed by atoms with Crippen molar-refractivity contribution in [2.75, 3.05) is 13.2 Å². The lowest BCUT2D eigenvalue weighted by Crippen LogP contribution is -2.13. The summed E-state index contributed by atoms with van der Waals surface area (Å²) in [6.45, 7) is 1.46. The molecule has 0 aromatic carbocycles. The lowest BCUT2D eigenvalue weighted by molar-refractivity contribution is 0.0942. The van der Waals surface area contributed by atoms with Crippen LogP contribution in [0, 0.1) is 5.92 Å². The number of hydrogen-bond donors (Lipinski definition) is 0. The highest BCUT2D eigenvalue weighted by molar-refractivity contribution is 9.10. The van der Waals surface area contributed by atoms with Crippen LogP contribution in [-0.2, 0) is 11.8 Å². The molecular weight excluding hydrogens is 262 g/mol. The largest absolute Gasteiger partial charge is 0.381 e. The second kappa shape index (κ2) is 4.40. The highest BCUT2D eigenvalue weighted by atomic mass is 79.9. The van der Waals surface area contributed by atoms with Gasteiger partial charge in [0.25, 0.3) is 0 Å². The first kappa shape index (κ1) is 10.8. The van der Waals surface area contributed by atoms with E-state index in [-0.39, 0.29) is 5.78 Å². The van der Waals surface area contributed by atoms with E-state index in [0.29, 0.717) is 29.2 Å². The van der Waals surface area contributed by atoms with Crippen LogP contribution in [-0.4, -0.2) is 34.0 Å². The van der Waals surface area contributed by atoms with Crippen LogP contribution in [0.1, 0.15) is 23.3 Å². The van der Waals surface area contributed by atoms with Crippen LogP contribution in [0.15, 0.2) is 4.60 Å². The van der Waals surface area contributed by atoms with E-state index in [4.69, 9.17) is 4.74 Å². The van der Waals surface area contributed by atoms with Gasteiger partial charge in [0.2, 0.25) is 0 Å². The maximum atomic E-state index is 11.9. The van der Waals surface area contributed by atoms with Crippen molar-refractivity contribution in [3.63, 3.8) is 0 Å². The molecule has 0 saturated carbocycles. The molecule has 1 atom stereocenters. The number of carbonyl (C=O) groups excluding carboxylic acids is 1. The SMILES string of the molecule is Cn1nnc(Br)c1C(=O)CC1CCOC1. The van der Waals surface area contributed by atoms with Gasteiger partial charge < -0.3 is 4.74 Å². The second-order valence-corrected chi connectivity index (χ2v) is 4.46. The van der Waals surface area contributed by atoms with E-state index in [1.54, 1.807) is 7.05 Å². The molecule has 1 aromatic rings. The van der Waals surface area contributed by atoms with Crippen molar-refractivity contribution in [3.8, 4) is 0 Å². The topological polar surface area (TPSA) is 57.0 Å². The summed E-state index contributed by atoms with van der Waals surface area (Å²) in [5.41, 5.74) is 0.543. The summed E-state index contributed by atoms with van der Waals surface area (Å²) in [6.07, 6.45) is 1.48. The van der Waals surface area contributed by atoms with Crippen molar-refractivity contribution < 1.29 is 9.53 Å². The first-order chi connectivity index (χ1) is 7.18. The zero-order valence-corrected chi connectivity index (χ0v) is 10.0. The molecule has 1 aromatic heterocycles. The van der Waals surface area contributed by atoms with Gasteiger partial charge in [-0.05, 0) is 28.3 Å². The number of carbonyl (C=O) groups is 1. The third kappa shape index (κ3) is 2.26. The lowest BCUT2D eigenvalue weighted by atomic mass is 10.0. The van der Waals surface area contributed by atoms with Gasteiger partial charge in [0.15, 0.2) is 10.4 Å². The van der Waals surface area contributed by atoms with Crippen LogP contribution >= 0.6 is 15.9 Å². The summed E-state index contributed by atoms with van der Waals surface area (Å²) in [6, 6.07) is 0. The number of rotatable bonds is 3. The van der Waals surface area contributed by atoms with E-state index < -0.39 is 0 Å². The van der Waals surface area contributed by atoms with Gasteiger partial charge in [-0.3, -0.25) is 4.79 Å². The second-order valence-electron chi connectivity index (χ2n) is 3.71. The van der Waals surface area contributed by atoms with Gasteiger partial charge in [0.1, 0.15) is 5.69 Å². The van der Waals surface area contributed by atoms with E-state index in [1.807, 2.05) is 0 Å². The zero-order chi connectivity index (χ0) is 10.8. The fourth-order valence-electron chi connectivity index (χ4n) is 1.73. The van der Waals surface area contributed by atoms with Crippen molar-refractivity contribution in [2.24, 2.45) is 13.0 Å². The van der Waals surface area contributed by atoms with E-state index in [0.717, 1.165) is 13.0 Å². The summed E-state index contributed by atoms with van der Waals surface area (Å²) in [5.74, 6) is 0.421. The molecule has 0 spiro atoms. The Kier molecular flexibility index (Phi) is 3.16. The van der Waals surface area contributed by atoms with Crippen molar-refractivity contribution in [1.82, 2.24) is 15.0 Å². The molecule has 0 amide bonds. The fraction of sp³-hybridized carbons (Fsp3) is 0.667. The minimum atomic E-state index is 0.0740. The minimum Gasteiger partial charge on any atom is -0.381 e. The van der Waals surface area contributed by atoms with Crippen molar-refractivity contribution in [3.05, 3.63) is 10.3 Å². The Morgan fingerprint density at radius 1 is 1.73 bits per heavy atom. The average molecular weight is 274 g/mol. The quantitative estimate of drug-likeness (QED) is 0.777. The molecule has 15 heavy (non-hydrogen) atoms. The van der Waals surface area contributed by atoms with E-state index in [1.165, 1.54) is 4.68 Å². The number of halogens is 1. The van der Waals surface area contributed by atoms with Gasteiger partial charge >= 0.3 is 0 Å². The van der Waals surface area contributed by atoms with Crippen LogP contribution in [0.2, 0.25) is 0 Å². The van der Waals surface area contributed by atoms with Gasteiger partial charge in [-0.2, -0.15) is 0 Å². The Labute approximate surface area is 95.9 Å². The summed E-state index contributed by atoms with van der Waals surface area (Å²) in [5, 5.41) is 7.57. The molecule has 2 heterocycles. The molecule has 5 nitrogen and oxygen atoms in total. The van der Waals surface area contributed by atoms with Gasteiger partial charge in [-0.15, -0.1) is 5.10 Å². The Hall–Kier alpha value is -0.750. The molecule has 2 rings (SSSR count). The third-order valence-corrected chi connectivity index (χ3v) is 3.08. The maximum absolute atomic E-state index is 11.9. The fourth-order valence-corrected chi connectivity index (χ4v) is 2.28. The minimum absolute atomic E-state index is 0.0740. The van der Waals surface area contributed by atoms with Gasteiger partial charge in [0, 0.05) is 26.7 Å². The van der Waals surface area contributed by atoms with E-state index in [2.05, 4.69) is 26.2 Å².